The van der Waals surface area contributed by atoms with E-state index >= 15 is 0 Å². The lowest BCUT2D eigenvalue weighted by molar-refractivity contribution is -0.118. The topological polar surface area (TPSA) is 56.9 Å². The summed E-state index contributed by atoms with van der Waals surface area (Å²) < 4.78 is 0. The number of aromatic amines is 1. The fourth-order valence-electron chi connectivity index (χ4n) is 4.46. The Balaban J connectivity index is 1.74. The number of H-pyrrole nitrogens is 1. The number of carbonyl (C=O) groups is 1. The lowest BCUT2D eigenvalue weighted by atomic mass is 9.73. The van der Waals surface area contributed by atoms with Gasteiger partial charge >= 0.3 is 0 Å². The van der Waals surface area contributed by atoms with Gasteiger partial charge in [-0.1, -0.05) is 44.2 Å². The van der Waals surface area contributed by atoms with Crippen molar-refractivity contribution < 1.29 is 4.79 Å². The highest BCUT2D eigenvalue weighted by atomic mass is 16.1. The molecule has 2 aliphatic rings. The zero-order valence-corrected chi connectivity index (χ0v) is 15.6. The molecular weight excluding hydrogens is 334 g/mol. The number of aromatic nitrogens is 1. The first-order valence-electron chi connectivity index (χ1n) is 9.47. The Kier molecular flexibility index (Phi) is 3.44. The second kappa shape index (κ2) is 5.74. The molecule has 2 heterocycles. The Hall–Kier alpha value is -3.01. The van der Waals surface area contributed by atoms with Gasteiger partial charge in [-0.15, -0.1) is 0 Å². The highest BCUT2D eigenvalue weighted by Gasteiger charge is 2.39. The van der Waals surface area contributed by atoms with Crippen LogP contribution in [0.4, 0.5) is 11.4 Å². The summed E-state index contributed by atoms with van der Waals surface area (Å²) in [7, 11) is 0. The maximum Gasteiger partial charge on any atom is 0.163 e. The van der Waals surface area contributed by atoms with E-state index in [1.165, 1.54) is 0 Å². The van der Waals surface area contributed by atoms with Crippen molar-refractivity contribution in [3.63, 3.8) is 0 Å². The van der Waals surface area contributed by atoms with Crippen LogP contribution in [0.3, 0.4) is 0 Å². The number of nitrogens with one attached hydrogen (secondary N) is 3. The predicted octanol–water partition coefficient (Wildman–Crippen LogP) is 5.39. The number of anilines is 2. The van der Waals surface area contributed by atoms with E-state index in [1.54, 1.807) is 0 Å². The van der Waals surface area contributed by atoms with E-state index < -0.39 is 0 Å². The van der Waals surface area contributed by atoms with Gasteiger partial charge < -0.3 is 15.6 Å². The molecule has 1 aromatic heterocycles. The van der Waals surface area contributed by atoms with Crippen molar-refractivity contribution in [3.05, 3.63) is 71.6 Å². The first-order chi connectivity index (χ1) is 13.0. The molecule has 1 aliphatic heterocycles. The van der Waals surface area contributed by atoms with E-state index in [1.807, 2.05) is 30.5 Å². The Labute approximate surface area is 158 Å². The molecule has 0 fully saturated rings. The normalized spacial score (nSPS) is 21.1. The quantitative estimate of drug-likeness (QED) is 0.547. The van der Waals surface area contributed by atoms with Crippen LogP contribution < -0.4 is 10.6 Å². The fourth-order valence-corrected chi connectivity index (χ4v) is 4.46. The van der Waals surface area contributed by atoms with Crippen LogP contribution in [-0.4, -0.2) is 10.8 Å². The number of para-hydroxylation sites is 3. The molecule has 4 nitrogen and oxygen atoms in total. The molecule has 5 rings (SSSR count). The average Bonchev–Trinajstić information content (AvgIpc) is 2.97. The third-order valence-electron chi connectivity index (χ3n) is 5.65. The van der Waals surface area contributed by atoms with Crippen molar-refractivity contribution in [1.29, 1.82) is 0 Å². The monoisotopic (exact) mass is 357 g/mol. The minimum Gasteiger partial charge on any atom is -0.372 e. The second-order valence-corrected chi connectivity index (χ2v) is 8.37. The van der Waals surface area contributed by atoms with Gasteiger partial charge in [0, 0.05) is 40.4 Å². The summed E-state index contributed by atoms with van der Waals surface area (Å²) in [5.41, 5.74) is 6.13. The molecule has 3 N–H and O–H groups in total. The Morgan fingerprint density at radius 2 is 1.70 bits per heavy atom. The first-order valence-corrected chi connectivity index (χ1v) is 9.47. The summed E-state index contributed by atoms with van der Waals surface area (Å²) in [5, 5.41) is 8.38. The predicted molar refractivity (Wildman–Crippen MR) is 110 cm³/mol. The Bertz CT molecular complexity index is 1090. The van der Waals surface area contributed by atoms with Gasteiger partial charge in [0.1, 0.15) is 0 Å². The number of ketones is 1. The number of hydrogen-bond acceptors (Lipinski definition) is 3. The molecule has 0 radical (unpaired) electrons. The van der Waals surface area contributed by atoms with Crippen LogP contribution in [0.1, 0.15) is 38.3 Å². The van der Waals surface area contributed by atoms with Crippen LogP contribution in [0.15, 0.2) is 66.0 Å². The van der Waals surface area contributed by atoms with Crippen LogP contribution >= 0.6 is 0 Å². The molecule has 0 saturated heterocycles. The lowest BCUT2D eigenvalue weighted by Gasteiger charge is -2.34. The van der Waals surface area contributed by atoms with Crippen molar-refractivity contribution in [2.24, 2.45) is 5.41 Å². The summed E-state index contributed by atoms with van der Waals surface area (Å²) in [6.07, 6.45) is 3.47. The fraction of sp³-hybridized carbons (Fsp3) is 0.261. The van der Waals surface area contributed by atoms with Gasteiger partial charge in [0.15, 0.2) is 5.78 Å². The molecule has 27 heavy (non-hydrogen) atoms. The first kappa shape index (κ1) is 16.2. The van der Waals surface area contributed by atoms with E-state index in [2.05, 4.69) is 53.7 Å². The van der Waals surface area contributed by atoms with Crippen molar-refractivity contribution in [3.8, 4) is 0 Å². The van der Waals surface area contributed by atoms with Gasteiger partial charge in [-0.2, -0.15) is 0 Å². The highest BCUT2D eigenvalue weighted by molar-refractivity contribution is 6.02. The number of carbonyl (C=O) groups excluding carboxylic acids is 1. The lowest BCUT2D eigenvalue weighted by Crippen LogP contribution is -2.31. The van der Waals surface area contributed by atoms with Gasteiger partial charge in [0.2, 0.25) is 0 Å². The molecule has 1 atom stereocenters. The number of fused-ring (bicyclic) bond motifs is 2. The summed E-state index contributed by atoms with van der Waals surface area (Å²) in [5.74, 6) is 0.226. The van der Waals surface area contributed by atoms with Gasteiger partial charge in [0.25, 0.3) is 0 Å². The molecule has 0 saturated carbocycles. The van der Waals surface area contributed by atoms with Crippen LogP contribution in [-0.2, 0) is 4.79 Å². The number of rotatable bonds is 1. The molecule has 2 aromatic carbocycles. The van der Waals surface area contributed by atoms with Crippen molar-refractivity contribution >= 4 is 28.1 Å². The standard InChI is InChI=1S/C23H23N3O/c1-23(2)11-19-21(20(27)12-23)22(26-18-10-6-5-9-17(18)25-19)15-13-24-16-8-4-3-7-14(15)16/h3-10,13,22,24-26H,11-12H2,1-2H3/t22-/m1/s1. The number of allylic oxidation sites excluding steroid dienone is 1. The van der Waals surface area contributed by atoms with Gasteiger partial charge in [0.05, 0.1) is 17.4 Å². The van der Waals surface area contributed by atoms with Gasteiger partial charge in [-0.25, -0.2) is 0 Å². The zero-order chi connectivity index (χ0) is 18.6. The molecule has 0 bridgehead atoms. The van der Waals surface area contributed by atoms with E-state index in [0.29, 0.717) is 6.42 Å². The van der Waals surface area contributed by atoms with E-state index in [-0.39, 0.29) is 17.2 Å². The second-order valence-electron chi connectivity index (χ2n) is 8.37. The molecule has 0 amide bonds. The van der Waals surface area contributed by atoms with E-state index in [9.17, 15) is 4.79 Å². The van der Waals surface area contributed by atoms with Crippen LogP contribution in [0.2, 0.25) is 0 Å². The summed E-state index contributed by atoms with van der Waals surface area (Å²) in [6, 6.07) is 16.3. The summed E-state index contributed by atoms with van der Waals surface area (Å²) in [6.45, 7) is 4.34. The molecule has 136 valence electrons. The number of Topliss-reactive ketones (excluding diaryl/α,β-unsaturated/α-hetero) is 1. The summed E-state index contributed by atoms with van der Waals surface area (Å²) >= 11 is 0. The third-order valence-corrected chi connectivity index (χ3v) is 5.65. The summed E-state index contributed by atoms with van der Waals surface area (Å²) in [4.78, 5) is 16.6. The van der Waals surface area contributed by atoms with Gasteiger partial charge in [-0.3, -0.25) is 4.79 Å². The maximum absolute atomic E-state index is 13.2. The SMILES string of the molecule is CC1(C)CC(=O)C2=C(C1)Nc1ccccc1N[C@@H]2c1c[nH]c2ccccc12. The molecule has 0 unspecified atom stereocenters. The molecule has 3 aromatic rings. The Morgan fingerprint density at radius 3 is 2.56 bits per heavy atom. The Morgan fingerprint density at radius 1 is 0.963 bits per heavy atom. The molecule has 4 heteroatoms. The van der Waals surface area contributed by atoms with Crippen molar-refractivity contribution in [2.45, 2.75) is 32.7 Å². The van der Waals surface area contributed by atoms with Crippen molar-refractivity contribution in [2.75, 3.05) is 10.6 Å². The minimum absolute atomic E-state index is 0.0348. The average molecular weight is 357 g/mol. The van der Waals surface area contributed by atoms with Gasteiger partial charge in [-0.05, 0) is 30.0 Å². The maximum atomic E-state index is 13.2. The molecule has 0 spiro atoms. The van der Waals surface area contributed by atoms with Crippen molar-refractivity contribution in [1.82, 2.24) is 4.98 Å². The third kappa shape index (κ3) is 2.64. The minimum atomic E-state index is -0.170. The van der Waals surface area contributed by atoms with E-state index in [4.69, 9.17) is 0 Å². The molecule has 1 aliphatic carbocycles. The smallest absolute Gasteiger partial charge is 0.163 e. The van der Waals surface area contributed by atoms with Crippen LogP contribution in [0, 0.1) is 5.41 Å². The zero-order valence-electron chi connectivity index (χ0n) is 15.6. The number of benzene rings is 2. The molecular formula is C23H23N3O. The van der Waals surface area contributed by atoms with Crippen LogP contribution in [0.25, 0.3) is 10.9 Å². The largest absolute Gasteiger partial charge is 0.372 e. The highest BCUT2D eigenvalue weighted by Crippen LogP contribution is 2.46. The number of hydrogen-bond donors (Lipinski definition) is 3. The van der Waals surface area contributed by atoms with Crippen LogP contribution in [0.5, 0.6) is 0 Å². The van der Waals surface area contributed by atoms with E-state index in [0.717, 1.165) is 45.5 Å².